The van der Waals surface area contributed by atoms with Crippen LogP contribution in [0.2, 0.25) is 0 Å². The summed E-state index contributed by atoms with van der Waals surface area (Å²) in [6.45, 7) is 1.27. The van der Waals surface area contributed by atoms with Crippen LogP contribution in [0.1, 0.15) is 12.8 Å². The summed E-state index contributed by atoms with van der Waals surface area (Å²) in [4.78, 5) is 10.2. The first-order chi connectivity index (χ1) is 6.75. The van der Waals surface area contributed by atoms with Gasteiger partial charge in [0.2, 0.25) is 5.95 Å². The van der Waals surface area contributed by atoms with E-state index in [1.54, 1.807) is 12.4 Å². The molecule has 0 bridgehead atoms. The highest BCUT2D eigenvalue weighted by Crippen LogP contribution is 2.18. The van der Waals surface area contributed by atoms with Crippen LogP contribution >= 0.6 is 15.9 Å². The lowest BCUT2D eigenvalue weighted by molar-refractivity contribution is 0.285. The molecule has 1 saturated heterocycles. The Hall–Kier alpha value is -0.710. The van der Waals surface area contributed by atoms with E-state index in [4.69, 9.17) is 0 Å². The van der Waals surface area contributed by atoms with Crippen LogP contribution in [0.3, 0.4) is 0 Å². The molecule has 1 aliphatic heterocycles. The lowest BCUT2D eigenvalue weighted by Gasteiger charge is -2.28. The zero-order chi connectivity index (χ0) is 9.97. The molecule has 0 radical (unpaired) electrons. The third-order valence-electron chi connectivity index (χ3n) is 2.25. The van der Waals surface area contributed by atoms with Gasteiger partial charge in [-0.1, -0.05) is 0 Å². The molecule has 3 nitrogen and oxygen atoms in total. The fraction of sp³-hybridized carbons (Fsp3) is 0.556. The molecule has 0 saturated carbocycles. The summed E-state index contributed by atoms with van der Waals surface area (Å²) in [7, 11) is 0. The van der Waals surface area contributed by atoms with Gasteiger partial charge in [-0.3, -0.25) is 0 Å². The lowest BCUT2D eigenvalue weighted by atomic mass is 10.1. The second-order valence-electron chi connectivity index (χ2n) is 3.39. The normalized spacial score (nSPS) is 22.4. The summed E-state index contributed by atoms with van der Waals surface area (Å²) < 4.78 is 13.9. The van der Waals surface area contributed by atoms with E-state index in [2.05, 4.69) is 25.9 Å². The fourth-order valence-corrected chi connectivity index (χ4v) is 1.78. The molecule has 76 valence electrons. The van der Waals surface area contributed by atoms with Crippen LogP contribution in [-0.4, -0.2) is 29.2 Å². The molecule has 5 heteroatoms. The number of anilines is 1. The van der Waals surface area contributed by atoms with Gasteiger partial charge in [-0.25, -0.2) is 14.4 Å². The summed E-state index contributed by atoms with van der Waals surface area (Å²) in [6, 6.07) is 0. The molecule has 2 heterocycles. The van der Waals surface area contributed by atoms with Crippen molar-refractivity contribution in [1.82, 2.24) is 9.97 Å². The fourth-order valence-electron chi connectivity index (χ4n) is 1.58. The molecule has 14 heavy (non-hydrogen) atoms. The van der Waals surface area contributed by atoms with Gasteiger partial charge in [-0.05, 0) is 28.8 Å². The van der Waals surface area contributed by atoms with E-state index in [9.17, 15) is 4.39 Å². The Morgan fingerprint density at radius 2 is 2.14 bits per heavy atom. The third-order valence-corrected chi connectivity index (χ3v) is 2.66. The number of nitrogens with zero attached hydrogens (tertiary/aromatic N) is 3. The smallest absolute Gasteiger partial charge is 0.225 e. The molecular formula is C9H11BrFN3. The largest absolute Gasteiger partial charge is 0.338 e. The predicted molar refractivity (Wildman–Crippen MR) is 56.1 cm³/mol. The monoisotopic (exact) mass is 259 g/mol. The molecule has 1 aromatic heterocycles. The van der Waals surface area contributed by atoms with Crippen molar-refractivity contribution in [2.24, 2.45) is 0 Å². The molecule has 1 aromatic rings. The first-order valence-corrected chi connectivity index (χ1v) is 5.41. The van der Waals surface area contributed by atoms with Gasteiger partial charge in [-0.15, -0.1) is 0 Å². The van der Waals surface area contributed by atoms with E-state index in [1.165, 1.54) is 0 Å². The SMILES string of the molecule is F[C@@H]1CCCN(c2ncc(Br)cn2)C1. The maximum absolute atomic E-state index is 13.1. The van der Waals surface area contributed by atoms with Crippen molar-refractivity contribution in [3.63, 3.8) is 0 Å². The number of aromatic nitrogens is 2. The van der Waals surface area contributed by atoms with Crippen molar-refractivity contribution in [2.75, 3.05) is 18.0 Å². The van der Waals surface area contributed by atoms with Gasteiger partial charge in [0.15, 0.2) is 0 Å². The first-order valence-electron chi connectivity index (χ1n) is 4.62. The number of halogens is 2. The molecule has 0 amide bonds. The molecule has 2 rings (SSSR count). The second kappa shape index (κ2) is 4.21. The molecule has 1 aliphatic rings. The van der Waals surface area contributed by atoms with Crippen molar-refractivity contribution in [1.29, 1.82) is 0 Å². The maximum atomic E-state index is 13.1. The average Bonchev–Trinajstić information content (AvgIpc) is 2.19. The Morgan fingerprint density at radius 1 is 1.43 bits per heavy atom. The molecule has 0 unspecified atom stereocenters. The predicted octanol–water partition coefficient (Wildman–Crippen LogP) is 2.18. The second-order valence-corrected chi connectivity index (χ2v) is 4.30. The standard InChI is InChI=1S/C9H11BrFN3/c10-7-4-12-9(13-5-7)14-3-1-2-8(11)6-14/h4-5,8H,1-3,6H2/t8-/m1/s1. The number of piperidine rings is 1. The molecule has 0 spiro atoms. The van der Waals surface area contributed by atoms with E-state index in [0.717, 1.165) is 17.4 Å². The van der Waals surface area contributed by atoms with Crippen LogP contribution in [0.4, 0.5) is 10.3 Å². The molecule has 1 atom stereocenters. The van der Waals surface area contributed by atoms with Crippen LogP contribution in [0.5, 0.6) is 0 Å². The minimum Gasteiger partial charge on any atom is -0.338 e. The Balaban J connectivity index is 2.10. The van der Waals surface area contributed by atoms with Crippen LogP contribution in [0.25, 0.3) is 0 Å². The van der Waals surface area contributed by atoms with Gasteiger partial charge in [0.05, 0.1) is 11.0 Å². The first kappa shape index (κ1) is 9.83. The highest BCUT2D eigenvalue weighted by atomic mass is 79.9. The quantitative estimate of drug-likeness (QED) is 0.774. The number of hydrogen-bond acceptors (Lipinski definition) is 3. The van der Waals surface area contributed by atoms with Gasteiger partial charge in [0, 0.05) is 18.9 Å². The molecule has 1 fully saturated rings. The average molecular weight is 260 g/mol. The Bertz CT molecular complexity index is 303. The molecule has 0 N–H and O–H groups in total. The van der Waals surface area contributed by atoms with Gasteiger partial charge >= 0.3 is 0 Å². The van der Waals surface area contributed by atoms with Crippen LogP contribution in [-0.2, 0) is 0 Å². The van der Waals surface area contributed by atoms with E-state index in [-0.39, 0.29) is 0 Å². The van der Waals surface area contributed by atoms with Crippen molar-refractivity contribution in [3.05, 3.63) is 16.9 Å². The van der Waals surface area contributed by atoms with Gasteiger partial charge in [-0.2, -0.15) is 0 Å². The molecular weight excluding hydrogens is 249 g/mol. The zero-order valence-corrected chi connectivity index (χ0v) is 9.24. The summed E-state index contributed by atoms with van der Waals surface area (Å²) in [6.07, 6.45) is 4.16. The van der Waals surface area contributed by atoms with Crippen molar-refractivity contribution < 1.29 is 4.39 Å². The maximum Gasteiger partial charge on any atom is 0.225 e. The minimum atomic E-state index is -0.740. The highest BCUT2D eigenvalue weighted by Gasteiger charge is 2.20. The number of hydrogen-bond donors (Lipinski definition) is 0. The van der Waals surface area contributed by atoms with E-state index < -0.39 is 6.17 Å². The topological polar surface area (TPSA) is 29.0 Å². The minimum absolute atomic E-state index is 0.418. The summed E-state index contributed by atoms with van der Waals surface area (Å²) in [5.74, 6) is 0.621. The number of rotatable bonds is 1. The Kier molecular flexibility index (Phi) is 2.96. The van der Waals surface area contributed by atoms with Crippen LogP contribution in [0.15, 0.2) is 16.9 Å². The van der Waals surface area contributed by atoms with Crippen molar-refractivity contribution in [2.45, 2.75) is 19.0 Å². The Morgan fingerprint density at radius 3 is 2.79 bits per heavy atom. The van der Waals surface area contributed by atoms with E-state index >= 15 is 0 Å². The van der Waals surface area contributed by atoms with Crippen molar-refractivity contribution in [3.8, 4) is 0 Å². The van der Waals surface area contributed by atoms with Gasteiger partial charge < -0.3 is 4.90 Å². The van der Waals surface area contributed by atoms with Gasteiger partial charge in [0.1, 0.15) is 6.17 Å². The van der Waals surface area contributed by atoms with E-state index in [1.807, 2.05) is 4.90 Å². The lowest BCUT2D eigenvalue weighted by Crippen LogP contribution is -2.37. The third kappa shape index (κ3) is 2.20. The van der Waals surface area contributed by atoms with Crippen molar-refractivity contribution >= 4 is 21.9 Å². The zero-order valence-electron chi connectivity index (χ0n) is 7.66. The molecule has 0 aromatic carbocycles. The summed E-state index contributed by atoms with van der Waals surface area (Å²) in [5, 5.41) is 0. The Labute approximate surface area is 90.5 Å². The summed E-state index contributed by atoms with van der Waals surface area (Å²) >= 11 is 3.26. The highest BCUT2D eigenvalue weighted by molar-refractivity contribution is 9.10. The number of alkyl halides is 1. The van der Waals surface area contributed by atoms with Gasteiger partial charge in [0.25, 0.3) is 0 Å². The van der Waals surface area contributed by atoms with Crippen LogP contribution in [0, 0.1) is 0 Å². The van der Waals surface area contributed by atoms with Crippen LogP contribution < -0.4 is 4.90 Å². The summed E-state index contributed by atoms with van der Waals surface area (Å²) in [5.41, 5.74) is 0. The molecule has 0 aliphatic carbocycles. The van der Waals surface area contributed by atoms with E-state index in [0.29, 0.717) is 18.9 Å².